The van der Waals surface area contributed by atoms with Crippen molar-refractivity contribution in [3.63, 3.8) is 0 Å². The van der Waals surface area contributed by atoms with Gasteiger partial charge in [0.1, 0.15) is 0 Å². The van der Waals surface area contributed by atoms with E-state index in [9.17, 15) is 0 Å². The van der Waals surface area contributed by atoms with Gasteiger partial charge in [-0.2, -0.15) is 5.10 Å². The molecule has 0 fully saturated rings. The first-order valence-electron chi connectivity index (χ1n) is 3.60. The lowest BCUT2D eigenvalue weighted by Gasteiger charge is -2.17. The maximum atomic E-state index is 4.05. The normalized spacial score (nSPS) is 20.6. The largest absolute Gasteiger partial charge is 0.303 e. The highest BCUT2D eigenvalue weighted by atomic mass is 15.3. The van der Waals surface area contributed by atoms with Gasteiger partial charge < -0.3 is 5.43 Å². The van der Waals surface area contributed by atoms with E-state index in [1.165, 1.54) is 5.56 Å². The first-order valence-corrected chi connectivity index (χ1v) is 3.60. The Balaban J connectivity index is 2.54. The number of hydrogen-bond acceptors (Lipinski definition) is 3. The van der Waals surface area contributed by atoms with Crippen molar-refractivity contribution in [2.75, 3.05) is 0 Å². The Bertz CT molecular complexity index is 293. The van der Waals surface area contributed by atoms with Gasteiger partial charge in [-0.3, -0.25) is 4.98 Å². The lowest BCUT2D eigenvalue weighted by atomic mass is 10.1. The molecule has 0 aromatic carbocycles. The summed E-state index contributed by atoms with van der Waals surface area (Å²) in [5, 5.41) is 4.00. The third-order valence-electron chi connectivity index (χ3n) is 1.83. The van der Waals surface area contributed by atoms with Crippen LogP contribution in [-0.4, -0.2) is 11.2 Å². The number of aromatic nitrogens is 1. The minimum atomic E-state index is 0.281. The average molecular weight is 147 g/mol. The smallest absolute Gasteiger partial charge is 0.0682 e. The molecule has 0 bridgehead atoms. The fraction of sp³-hybridized carbons (Fsp3) is 0.250. The topological polar surface area (TPSA) is 37.3 Å². The maximum Gasteiger partial charge on any atom is 0.0682 e. The first-order chi connectivity index (χ1) is 5.38. The molecular weight excluding hydrogens is 138 g/mol. The van der Waals surface area contributed by atoms with Crippen LogP contribution >= 0.6 is 0 Å². The molecule has 2 rings (SSSR count). The Hall–Kier alpha value is -1.38. The van der Waals surface area contributed by atoms with Crippen molar-refractivity contribution in [2.45, 2.75) is 13.0 Å². The van der Waals surface area contributed by atoms with Gasteiger partial charge in [-0.15, -0.1) is 0 Å². The predicted molar refractivity (Wildman–Crippen MR) is 43.4 cm³/mol. The van der Waals surface area contributed by atoms with E-state index in [0.717, 1.165) is 5.56 Å². The summed E-state index contributed by atoms with van der Waals surface area (Å²) < 4.78 is 0. The number of hydrogen-bond donors (Lipinski definition) is 1. The molecule has 1 atom stereocenters. The molecule has 3 heteroatoms. The van der Waals surface area contributed by atoms with E-state index >= 15 is 0 Å². The summed E-state index contributed by atoms with van der Waals surface area (Å²) in [6, 6.07) is 2.25. The Morgan fingerprint density at radius 3 is 3.27 bits per heavy atom. The Morgan fingerprint density at radius 2 is 2.45 bits per heavy atom. The number of nitrogens with one attached hydrogen (secondary N) is 1. The van der Waals surface area contributed by atoms with E-state index in [-0.39, 0.29) is 6.04 Å². The zero-order valence-electron chi connectivity index (χ0n) is 6.28. The standard InChI is InChI=1S/C8H9N3/c1-6-8-5-9-3-2-7(8)4-10-11-6/h2-6,11H,1H3/t6-/m1/s1. The monoisotopic (exact) mass is 147 g/mol. The second kappa shape index (κ2) is 2.34. The molecule has 56 valence electrons. The molecule has 3 nitrogen and oxygen atoms in total. The lowest BCUT2D eigenvalue weighted by molar-refractivity contribution is 0.595. The van der Waals surface area contributed by atoms with Crippen molar-refractivity contribution in [3.05, 3.63) is 29.6 Å². The average Bonchev–Trinajstić information content (AvgIpc) is 2.06. The highest BCUT2D eigenvalue weighted by Crippen LogP contribution is 2.17. The van der Waals surface area contributed by atoms with Gasteiger partial charge in [0, 0.05) is 23.5 Å². The van der Waals surface area contributed by atoms with Crippen LogP contribution in [0.15, 0.2) is 23.6 Å². The Kier molecular flexibility index (Phi) is 1.35. The molecule has 0 radical (unpaired) electrons. The van der Waals surface area contributed by atoms with Crippen molar-refractivity contribution < 1.29 is 0 Å². The molecule has 1 N–H and O–H groups in total. The zero-order chi connectivity index (χ0) is 7.68. The number of pyridine rings is 1. The highest BCUT2D eigenvalue weighted by Gasteiger charge is 2.11. The van der Waals surface area contributed by atoms with Gasteiger partial charge >= 0.3 is 0 Å². The SMILES string of the molecule is C[C@H]1NN=Cc2ccncc21. The van der Waals surface area contributed by atoms with Crippen LogP contribution in [0.3, 0.4) is 0 Å². The molecule has 1 aromatic heterocycles. The van der Waals surface area contributed by atoms with Crippen molar-refractivity contribution in [1.29, 1.82) is 0 Å². The highest BCUT2D eigenvalue weighted by molar-refractivity contribution is 5.82. The lowest BCUT2D eigenvalue weighted by Crippen LogP contribution is -2.18. The van der Waals surface area contributed by atoms with Crippen LogP contribution in [0.4, 0.5) is 0 Å². The number of nitrogens with zero attached hydrogens (tertiary/aromatic N) is 2. The predicted octanol–water partition coefficient (Wildman–Crippen LogP) is 1.08. The molecule has 0 unspecified atom stereocenters. The first kappa shape index (κ1) is 6.34. The molecule has 0 saturated carbocycles. The minimum Gasteiger partial charge on any atom is -0.303 e. The summed E-state index contributed by atoms with van der Waals surface area (Å²) in [7, 11) is 0. The third-order valence-corrected chi connectivity index (χ3v) is 1.83. The van der Waals surface area contributed by atoms with Crippen LogP contribution in [0.1, 0.15) is 24.1 Å². The van der Waals surface area contributed by atoms with Crippen molar-refractivity contribution in [2.24, 2.45) is 5.10 Å². The molecular formula is C8H9N3. The molecule has 1 aliphatic heterocycles. The van der Waals surface area contributed by atoms with Gasteiger partial charge in [0.2, 0.25) is 0 Å². The number of fused-ring (bicyclic) bond motifs is 1. The Labute approximate surface area is 65.2 Å². The quantitative estimate of drug-likeness (QED) is 0.596. The fourth-order valence-corrected chi connectivity index (χ4v) is 1.18. The molecule has 0 aliphatic carbocycles. The van der Waals surface area contributed by atoms with E-state index in [1.54, 1.807) is 6.20 Å². The van der Waals surface area contributed by atoms with E-state index in [4.69, 9.17) is 0 Å². The van der Waals surface area contributed by atoms with Crippen LogP contribution < -0.4 is 5.43 Å². The summed E-state index contributed by atoms with van der Waals surface area (Å²) in [6.45, 7) is 2.07. The zero-order valence-corrected chi connectivity index (χ0v) is 6.28. The third kappa shape index (κ3) is 0.981. The number of hydrazone groups is 1. The molecule has 2 heterocycles. The van der Waals surface area contributed by atoms with Gasteiger partial charge in [-0.25, -0.2) is 0 Å². The second-order valence-corrected chi connectivity index (χ2v) is 2.61. The van der Waals surface area contributed by atoms with E-state index < -0.39 is 0 Å². The van der Waals surface area contributed by atoms with E-state index in [2.05, 4.69) is 22.4 Å². The molecule has 1 aliphatic rings. The molecule has 0 spiro atoms. The Morgan fingerprint density at radius 1 is 1.55 bits per heavy atom. The summed E-state index contributed by atoms with van der Waals surface area (Å²) in [4.78, 5) is 4.05. The van der Waals surface area contributed by atoms with Crippen LogP contribution in [0, 0.1) is 0 Å². The van der Waals surface area contributed by atoms with Crippen LogP contribution in [0.25, 0.3) is 0 Å². The van der Waals surface area contributed by atoms with Crippen molar-refractivity contribution >= 4 is 6.21 Å². The molecule has 1 aromatic rings. The van der Waals surface area contributed by atoms with Gasteiger partial charge in [0.15, 0.2) is 0 Å². The van der Waals surface area contributed by atoms with E-state index in [0.29, 0.717) is 0 Å². The van der Waals surface area contributed by atoms with Crippen LogP contribution in [0.5, 0.6) is 0 Å². The minimum absolute atomic E-state index is 0.281. The molecule has 11 heavy (non-hydrogen) atoms. The maximum absolute atomic E-state index is 4.05. The summed E-state index contributed by atoms with van der Waals surface area (Å²) in [5.74, 6) is 0. The van der Waals surface area contributed by atoms with Crippen LogP contribution in [-0.2, 0) is 0 Å². The molecule has 0 saturated heterocycles. The summed E-state index contributed by atoms with van der Waals surface area (Å²) in [6.07, 6.45) is 5.47. The molecule has 0 amide bonds. The van der Waals surface area contributed by atoms with Gasteiger partial charge in [0.05, 0.1) is 12.3 Å². The second-order valence-electron chi connectivity index (χ2n) is 2.61. The van der Waals surface area contributed by atoms with Crippen molar-refractivity contribution in [3.8, 4) is 0 Å². The van der Waals surface area contributed by atoms with Gasteiger partial charge in [0.25, 0.3) is 0 Å². The summed E-state index contributed by atoms with van der Waals surface area (Å²) >= 11 is 0. The summed E-state index contributed by atoms with van der Waals surface area (Å²) in [5.41, 5.74) is 5.34. The van der Waals surface area contributed by atoms with Gasteiger partial charge in [-0.1, -0.05) is 0 Å². The number of rotatable bonds is 0. The van der Waals surface area contributed by atoms with Crippen molar-refractivity contribution in [1.82, 2.24) is 10.4 Å². The van der Waals surface area contributed by atoms with Crippen LogP contribution in [0.2, 0.25) is 0 Å². The fourth-order valence-electron chi connectivity index (χ4n) is 1.18. The van der Waals surface area contributed by atoms with E-state index in [1.807, 2.05) is 18.5 Å². The van der Waals surface area contributed by atoms with Gasteiger partial charge in [-0.05, 0) is 13.0 Å².